The average molecular weight is 232 g/mol. The highest BCUT2D eigenvalue weighted by Gasteiger charge is 2.46. The lowest BCUT2D eigenvalue weighted by atomic mass is 9.70. The zero-order chi connectivity index (χ0) is 13.1. The van der Waals surface area contributed by atoms with Crippen LogP contribution in [-0.4, -0.2) is 5.78 Å². The van der Waals surface area contributed by atoms with Crippen LogP contribution in [0.25, 0.3) is 0 Å². The molecule has 0 aromatic carbocycles. The first kappa shape index (κ1) is 12.6. The standard InChI is InChI=1S/C16H24O/c1-14(2,3)11-9-16(7-8-16)10-12(13(11)17)15(4,5)6/h9-10H,7-8H2,1-6H3. The van der Waals surface area contributed by atoms with Crippen LogP contribution in [-0.2, 0) is 4.79 Å². The van der Waals surface area contributed by atoms with Crippen molar-refractivity contribution in [1.82, 2.24) is 0 Å². The van der Waals surface area contributed by atoms with Crippen LogP contribution in [0.3, 0.4) is 0 Å². The highest BCUT2D eigenvalue weighted by Crippen LogP contribution is 2.55. The summed E-state index contributed by atoms with van der Waals surface area (Å²) in [5.41, 5.74) is 2.17. The van der Waals surface area contributed by atoms with Gasteiger partial charge in [-0.05, 0) is 23.7 Å². The monoisotopic (exact) mass is 232 g/mol. The van der Waals surface area contributed by atoms with Crippen LogP contribution in [0.5, 0.6) is 0 Å². The molecule has 0 saturated heterocycles. The Hall–Kier alpha value is -0.850. The summed E-state index contributed by atoms with van der Waals surface area (Å²) in [4.78, 5) is 12.6. The Balaban J connectivity index is 2.47. The van der Waals surface area contributed by atoms with Gasteiger partial charge in [0.2, 0.25) is 0 Å². The molecular weight excluding hydrogens is 208 g/mol. The maximum Gasteiger partial charge on any atom is 0.185 e. The molecule has 0 N–H and O–H groups in total. The Labute approximate surface area is 105 Å². The zero-order valence-electron chi connectivity index (χ0n) is 12.0. The number of hydrogen-bond donors (Lipinski definition) is 0. The van der Waals surface area contributed by atoms with E-state index in [1.807, 2.05) is 0 Å². The van der Waals surface area contributed by atoms with Gasteiger partial charge in [0.25, 0.3) is 0 Å². The second-order valence-corrected chi connectivity index (χ2v) is 7.68. The maximum absolute atomic E-state index is 12.6. The molecule has 0 aromatic heterocycles. The molecule has 0 aliphatic heterocycles. The lowest BCUT2D eigenvalue weighted by molar-refractivity contribution is -0.114. The quantitative estimate of drug-likeness (QED) is 0.608. The van der Waals surface area contributed by atoms with Crippen LogP contribution < -0.4 is 0 Å². The predicted molar refractivity (Wildman–Crippen MR) is 71.8 cm³/mol. The Bertz CT molecular complexity index is 381. The molecule has 1 fully saturated rings. The van der Waals surface area contributed by atoms with E-state index in [2.05, 4.69) is 53.7 Å². The van der Waals surface area contributed by atoms with Gasteiger partial charge in [0.1, 0.15) is 0 Å². The van der Waals surface area contributed by atoms with Gasteiger partial charge in [-0.15, -0.1) is 0 Å². The topological polar surface area (TPSA) is 17.1 Å². The molecule has 0 bridgehead atoms. The largest absolute Gasteiger partial charge is 0.289 e. The highest BCUT2D eigenvalue weighted by molar-refractivity contribution is 6.11. The fourth-order valence-electron chi connectivity index (χ4n) is 2.44. The van der Waals surface area contributed by atoms with Crippen molar-refractivity contribution in [3.8, 4) is 0 Å². The second-order valence-electron chi connectivity index (χ2n) is 7.68. The van der Waals surface area contributed by atoms with Crippen molar-refractivity contribution >= 4 is 5.78 Å². The summed E-state index contributed by atoms with van der Waals surface area (Å²) in [6.45, 7) is 12.8. The molecule has 2 aliphatic carbocycles. The minimum atomic E-state index is -0.0442. The Kier molecular flexibility index (Phi) is 2.47. The molecular formula is C16H24O. The molecule has 17 heavy (non-hydrogen) atoms. The molecule has 1 nitrogen and oxygen atoms in total. The molecule has 2 aliphatic rings. The average Bonchev–Trinajstić information content (AvgIpc) is 2.86. The van der Waals surface area contributed by atoms with Gasteiger partial charge in [0.05, 0.1) is 0 Å². The summed E-state index contributed by atoms with van der Waals surface area (Å²) in [5.74, 6) is 0.266. The predicted octanol–water partition coefficient (Wildman–Crippen LogP) is 4.29. The molecule has 0 radical (unpaired) electrons. The van der Waals surface area contributed by atoms with E-state index >= 15 is 0 Å². The fraction of sp³-hybridized carbons (Fsp3) is 0.688. The van der Waals surface area contributed by atoms with E-state index in [0.717, 1.165) is 11.1 Å². The van der Waals surface area contributed by atoms with Gasteiger partial charge >= 0.3 is 0 Å². The first-order chi connectivity index (χ1) is 7.55. The maximum atomic E-state index is 12.6. The molecule has 1 saturated carbocycles. The smallest absolute Gasteiger partial charge is 0.185 e. The van der Waals surface area contributed by atoms with E-state index in [1.54, 1.807) is 0 Å². The molecule has 0 atom stereocenters. The molecule has 94 valence electrons. The molecule has 2 rings (SSSR count). The summed E-state index contributed by atoms with van der Waals surface area (Å²) < 4.78 is 0. The molecule has 0 unspecified atom stereocenters. The summed E-state index contributed by atoms with van der Waals surface area (Å²) in [6.07, 6.45) is 6.90. The summed E-state index contributed by atoms with van der Waals surface area (Å²) in [6, 6.07) is 0. The van der Waals surface area contributed by atoms with Crippen LogP contribution in [0.4, 0.5) is 0 Å². The van der Waals surface area contributed by atoms with Crippen molar-refractivity contribution in [2.24, 2.45) is 16.2 Å². The Morgan fingerprint density at radius 1 is 0.882 bits per heavy atom. The molecule has 1 heteroatoms. The van der Waals surface area contributed by atoms with Crippen molar-refractivity contribution in [3.05, 3.63) is 23.3 Å². The van der Waals surface area contributed by atoms with Gasteiger partial charge in [-0.1, -0.05) is 53.7 Å². The van der Waals surface area contributed by atoms with Crippen LogP contribution in [0.15, 0.2) is 23.3 Å². The SMILES string of the molecule is CC(C)(C)C1=CC2(C=C(C(C)(C)C)C1=O)CC2. The highest BCUT2D eigenvalue weighted by atomic mass is 16.1. The zero-order valence-corrected chi connectivity index (χ0v) is 12.0. The van der Waals surface area contributed by atoms with E-state index in [0.29, 0.717) is 0 Å². The van der Waals surface area contributed by atoms with Gasteiger partial charge in [-0.25, -0.2) is 0 Å². The van der Waals surface area contributed by atoms with E-state index in [1.165, 1.54) is 12.8 Å². The minimum absolute atomic E-state index is 0.0442. The van der Waals surface area contributed by atoms with Crippen molar-refractivity contribution in [2.75, 3.05) is 0 Å². The number of carbonyl (C=O) groups excluding carboxylic acids is 1. The van der Waals surface area contributed by atoms with Gasteiger partial charge in [-0.3, -0.25) is 4.79 Å². The van der Waals surface area contributed by atoms with Crippen molar-refractivity contribution in [3.63, 3.8) is 0 Å². The molecule has 0 heterocycles. The summed E-state index contributed by atoms with van der Waals surface area (Å²) in [5, 5.41) is 0. The number of allylic oxidation sites excluding steroid dienone is 4. The van der Waals surface area contributed by atoms with E-state index in [9.17, 15) is 4.79 Å². The summed E-state index contributed by atoms with van der Waals surface area (Å²) in [7, 11) is 0. The van der Waals surface area contributed by atoms with Crippen LogP contribution >= 0.6 is 0 Å². The van der Waals surface area contributed by atoms with Crippen LogP contribution in [0, 0.1) is 16.2 Å². The lowest BCUT2D eigenvalue weighted by Crippen LogP contribution is -2.29. The number of hydrogen-bond acceptors (Lipinski definition) is 1. The van der Waals surface area contributed by atoms with Gasteiger partial charge < -0.3 is 0 Å². The van der Waals surface area contributed by atoms with Gasteiger partial charge in [-0.2, -0.15) is 0 Å². The normalized spacial score (nSPS) is 23.5. The van der Waals surface area contributed by atoms with E-state index in [4.69, 9.17) is 0 Å². The van der Waals surface area contributed by atoms with Crippen molar-refractivity contribution in [1.29, 1.82) is 0 Å². The van der Waals surface area contributed by atoms with Gasteiger partial charge in [0, 0.05) is 16.6 Å². The molecule has 0 amide bonds. The molecule has 0 aromatic rings. The lowest BCUT2D eigenvalue weighted by Gasteiger charge is -2.33. The third-order valence-electron chi connectivity index (χ3n) is 3.80. The summed E-state index contributed by atoms with van der Waals surface area (Å²) >= 11 is 0. The third-order valence-corrected chi connectivity index (χ3v) is 3.80. The Morgan fingerprint density at radius 2 is 1.24 bits per heavy atom. The van der Waals surface area contributed by atoms with Gasteiger partial charge in [0.15, 0.2) is 5.78 Å². The minimum Gasteiger partial charge on any atom is -0.289 e. The number of carbonyl (C=O) groups is 1. The molecule has 1 spiro atoms. The van der Waals surface area contributed by atoms with E-state index < -0.39 is 0 Å². The van der Waals surface area contributed by atoms with E-state index in [-0.39, 0.29) is 22.0 Å². The first-order valence-corrected chi connectivity index (χ1v) is 6.57. The van der Waals surface area contributed by atoms with Crippen LogP contribution in [0.2, 0.25) is 0 Å². The first-order valence-electron chi connectivity index (χ1n) is 6.57. The number of Topliss-reactive ketones (excluding diaryl/α,β-unsaturated/α-hetero) is 1. The number of ketones is 1. The second kappa shape index (κ2) is 3.34. The third kappa shape index (κ3) is 2.25. The van der Waals surface area contributed by atoms with Crippen molar-refractivity contribution in [2.45, 2.75) is 54.4 Å². The van der Waals surface area contributed by atoms with Crippen molar-refractivity contribution < 1.29 is 4.79 Å². The number of rotatable bonds is 0. The van der Waals surface area contributed by atoms with Crippen LogP contribution in [0.1, 0.15) is 54.4 Å². The Morgan fingerprint density at radius 3 is 1.47 bits per heavy atom. The fourth-order valence-corrected chi connectivity index (χ4v) is 2.44.